The van der Waals surface area contributed by atoms with Gasteiger partial charge in [-0.05, 0) is 48.8 Å². The number of amides is 1. The van der Waals surface area contributed by atoms with Crippen molar-refractivity contribution in [2.45, 2.75) is 0 Å². The lowest BCUT2D eigenvalue weighted by atomic mass is 10.2. The van der Waals surface area contributed by atoms with Crippen molar-refractivity contribution in [3.8, 4) is 11.5 Å². The number of nitrogens with zero attached hydrogens (tertiary/aromatic N) is 3. The molecular formula is C20H20IN3O3S. The van der Waals surface area contributed by atoms with Gasteiger partial charge in [-0.1, -0.05) is 23.5 Å². The summed E-state index contributed by atoms with van der Waals surface area (Å²) in [7, 11) is 3.99. The largest absolute Gasteiger partial charge is 0.486 e. The van der Waals surface area contributed by atoms with Crippen LogP contribution in [0, 0.1) is 3.57 Å². The molecule has 0 N–H and O–H groups in total. The third kappa shape index (κ3) is 3.94. The molecule has 0 radical (unpaired) electrons. The first kappa shape index (κ1) is 19.4. The van der Waals surface area contributed by atoms with Crippen LogP contribution in [-0.4, -0.2) is 56.2 Å². The van der Waals surface area contributed by atoms with Crippen molar-refractivity contribution in [1.29, 1.82) is 0 Å². The first-order valence-electron chi connectivity index (χ1n) is 8.94. The summed E-state index contributed by atoms with van der Waals surface area (Å²) >= 11 is 3.70. The lowest BCUT2D eigenvalue weighted by molar-refractivity contribution is 0.0984. The highest BCUT2D eigenvalue weighted by molar-refractivity contribution is 14.1. The molecule has 1 aliphatic heterocycles. The average molecular weight is 509 g/mol. The van der Waals surface area contributed by atoms with Crippen molar-refractivity contribution in [3.05, 3.63) is 45.5 Å². The molecule has 2 heterocycles. The summed E-state index contributed by atoms with van der Waals surface area (Å²) in [6.07, 6.45) is 0. The van der Waals surface area contributed by atoms with E-state index in [9.17, 15) is 4.79 Å². The van der Waals surface area contributed by atoms with E-state index in [1.807, 2.05) is 50.5 Å². The lowest BCUT2D eigenvalue weighted by Crippen LogP contribution is -2.37. The molecule has 8 heteroatoms. The van der Waals surface area contributed by atoms with E-state index in [1.54, 1.807) is 4.90 Å². The standard InChI is InChI=1S/C20H20IN3O3S/c1-23(2)7-8-24(19(25)13-5-3-4-6-14(13)21)20-22-15-11-16-17(12-18(15)28-20)27-10-9-26-16/h3-6,11-12H,7-10H2,1-2H3. The molecule has 0 spiro atoms. The quantitative estimate of drug-likeness (QED) is 0.489. The van der Waals surface area contributed by atoms with Crippen LogP contribution in [0.25, 0.3) is 10.2 Å². The van der Waals surface area contributed by atoms with Crippen molar-refractivity contribution < 1.29 is 14.3 Å². The first-order valence-corrected chi connectivity index (χ1v) is 10.8. The van der Waals surface area contributed by atoms with Crippen LogP contribution < -0.4 is 14.4 Å². The zero-order valence-corrected chi connectivity index (χ0v) is 18.6. The molecular weight excluding hydrogens is 489 g/mol. The number of hydrogen-bond acceptors (Lipinski definition) is 6. The second kappa shape index (κ2) is 8.22. The molecule has 28 heavy (non-hydrogen) atoms. The highest BCUT2D eigenvalue weighted by atomic mass is 127. The number of aromatic nitrogens is 1. The molecule has 1 aliphatic rings. The molecule has 2 aromatic carbocycles. The average Bonchev–Trinajstić information content (AvgIpc) is 3.08. The summed E-state index contributed by atoms with van der Waals surface area (Å²) < 4.78 is 13.2. The Morgan fingerprint density at radius 1 is 1.14 bits per heavy atom. The van der Waals surface area contributed by atoms with Gasteiger partial charge < -0.3 is 14.4 Å². The number of ether oxygens (including phenoxy) is 2. The van der Waals surface area contributed by atoms with Gasteiger partial charge in [0.25, 0.3) is 5.91 Å². The zero-order chi connectivity index (χ0) is 19.7. The van der Waals surface area contributed by atoms with Gasteiger partial charge in [0, 0.05) is 28.8 Å². The van der Waals surface area contributed by atoms with E-state index in [4.69, 9.17) is 14.5 Å². The Morgan fingerprint density at radius 2 is 1.86 bits per heavy atom. The van der Waals surface area contributed by atoms with Gasteiger partial charge in [0.1, 0.15) is 13.2 Å². The number of thiazole rings is 1. The van der Waals surface area contributed by atoms with Gasteiger partial charge in [0.2, 0.25) is 0 Å². The number of halogens is 1. The second-order valence-corrected chi connectivity index (χ2v) is 8.87. The number of anilines is 1. The minimum atomic E-state index is -0.0387. The fraction of sp³-hybridized carbons (Fsp3) is 0.300. The van der Waals surface area contributed by atoms with E-state index in [1.165, 1.54) is 11.3 Å². The predicted molar refractivity (Wildman–Crippen MR) is 120 cm³/mol. The number of likely N-dealkylation sites (N-methyl/N-ethyl adjacent to an activating group) is 1. The Morgan fingerprint density at radius 3 is 2.57 bits per heavy atom. The highest BCUT2D eigenvalue weighted by Gasteiger charge is 2.24. The molecule has 146 valence electrons. The lowest BCUT2D eigenvalue weighted by Gasteiger charge is -2.22. The molecule has 1 aromatic heterocycles. The van der Waals surface area contributed by atoms with Gasteiger partial charge in [-0.3, -0.25) is 9.69 Å². The van der Waals surface area contributed by atoms with Crippen LogP contribution in [0.5, 0.6) is 11.5 Å². The van der Waals surface area contributed by atoms with Crippen LogP contribution in [0.15, 0.2) is 36.4 Å². The molecule has 3 aromatic rings. The van der Waals surface area contributed by atoms with Crippen LogP contribution in [0.1, 0.15) is 10.4 Å². The van der Waals surface area contributed by atoms with Crippen molar-refractivity contribution in [2.24, 2.45) is 0 Å². The van der Waals surface area contributed by atoms with Crippen LogP contribution in [0.2, 0.25) is 0 Å². The molecule has 4 rings (SSSR count). The summed E-state index contributed by atoms with van der Waals surface area (Å²) in [6, 6.07) is 11.5. The maximum absolute atomic E-state index is 13.3. The minimum absolute atomic E-state index is 0.0387. The van der Waals surface area contributed by atoms with Gasteiger partial charge in [-0.25, -0.2) is 4.98 Å². The van der Waals surface area contributed by atoms with E-state index >= 15 is 0 Å². The smallest absolute Gasteiger partial charge is 0.261 e. The van der Waals surface area contributed by atoms with Gasteiger partial charge in [0.15, 0.2) is 16.6 Å². The molecule has 0 unspecified atom stereocenters. The third-order valence-electron chi connectivity index (χ3n) is 4.39. The van der Waals surface area contributed by atoms with Crippen molar-refractivity contribution in [2.75, 3.05) is 45.3 Å². The molecule has 6 nitrogen and oxygen atoms in total. The summed E-state index contributed by atoms with van der Waals surface area (Å²) in [5.74, 6) is 1.40. The summed E-state index contributed by atoms with van der Waals surface area (Å²) in [4.78, 5) is 21.9. The second-order valence-electron chi connectivity index (χ2n) is 6.70. The van der Waals surface area contributed by atoms with Gasteiger partial charge in [0.05, 0.1) is 15.8 Å². The molecule has 1 amide bonds. The van der Waals surface area contributed by atoms with E-state index in [2.05, 4.69) is 27.5 Å². The van der Waals surface area contributed by atoms with Crippen molar-refractivity contribution in [3.63, 3.8) is 0 Å². The van der Waals surface area contributed by atoms with Gasteiger partial charge in [-0.2, -0.15) is 0 Å². The fourth-order valence-corrected chi connectivity index (χ4v) is 4.55. The maximum Gasteiger partial charge on any atom is 0.261 e. The number of benzene rings is 2. The Labute approximate surface area is 181 Å². The van der Waals surface area contributed by atoms with Crippen LogP contribution >= 0.6 is 33.9 Å². The SMILES string of the molecule is CN(C)CCN(C(=O)c1ccccc1I)c1nc2cc3c(cc2s1)OCCO3. The number of carbonyl (C=O) groups is 1. The van der Waals surface area contributed by atoms with Gasteiger partial charge in [-0.15, -0.1) is 0 Å². The highest BCUT2D eigenvalue weighted by Crippen LogP contribution is 2.39. The van der Waals surface area contributed by atoms with E-state index in [0.717, 1.165) is 26.1 Å². The van der Waals surface area contributed by atoms with Crippen LogP contribution in [-0.2, 0) is 0 Å². The van der Waals surface area contributed by atoms with Crippen molar-refractivity contribution >= 4 is 55.2 Å². The Kier molecular flexibility index (Phi) is 5.70. The van der Waals surface area contributed by atoms with E-state index < -0.39 is 0 Å². The maximum atomic E-state index is 13.3. The Hall–Kier alpha value is -1.91. The van der Waals surface area contributed by atoms with Crippen LogP contribution in [0.4, 0.5) is 5.13 Å². The normalized spacial score (nSPS) is 13.1. The number of hydrogen-bond donors (Lipinski definition) is 0. The predicted octanol–water partition coefficient (Wildman–Crippen LogP) is 3.88. The van der Waals surface area contributed by atoms with Crippen LogP contribution in [0.3, 0.4) is 0 Å². The summed E-state index contributed by atoms with van der Waals surface area (Å²) in [5, 5.41) is 0.684. The van der Waals surface area contributed by atoms with Crippen molar-refractivity contribution in [1.82, 2.24) is 9.88 Å². The topological polar surface area (TPSA) is 54.9 Å². The minimum Gasteiger partial charge on any atom is -0.486 e. The molecule has 0 saturated heterocycles. The van der Waals surface area contributed by atoms with Gasteiger partial charge >= 0.3 is 0 Å². The summed E-state index contributed by atoms with van der Waals surface area (Å²) in [6.45, 7) is 2.39. The molecule has 0 aliphatic carbocycles. The van der Waals surface area contributed by atoms with E-state index in [0.29, 0.717) is 36.2 Å². The monoisotopic (exact) mass is 509 g/mol. The third-order valence-corrected chi connectivity index (χ3v) is 6.37. The number of fused-ring (bicyclic) bond motifs is 2. The molecule has 0 atom stereocenters. The molecule has 0 bridgehead atoms. The summed E-state index contributed by atoms with van der Waals surface area (Å²) in [5.41, 5.74) is 1.50. The molecule has 0 fully saturated rings. The Balaban J connectivity index is 1.73. The Bertz CT molecular complexity index is 978. The first-order chi connectivity index (χ1) is 13.5. The zero-order valence-electron chi connectivity index (χ0n) is 15.6. The number of carbonyl (C=O) groups excluding carboxylic acids is 1. The molecule has 0 saturated carbocycles. The van der Waals surface area contributed by atoms with E-state index in [-0.39, 0.29) is 5.91 Å². The number of rotatable bonds is 5. The fourth-order valence-electron chi connectivity index (χ4n) is 2.93.